The van der Waals surface area contributed by atoms with Crippen molar-refractivity contribution in [2.45, 2.75) is 23.1 Å². The number of anilines is 1. The molecule has 1 aromatic heterocycles. The maximum Gasteiger partial charge on any atom is 0.257 e. The Kier molecular flexibility index (Phi) is 6.23. The van der Waals surface area contributed by atoms with Crippen LogP contribution in [0.5, 0.6) is 0 Å². The predicted octanol–water partition coefficient (Wildman–Crippen LogP) is 4.83. The van der Waals surface area contributed by atoms with E-state index in [1.54, 1.807) is 24.4 Å². The van der Waals surface area contributed by atoms with Gasteiger partial charge in [0, 0.05) is 10.3 Å². The minimum atomic E-state index is -0.279. The molecule has 25 heavy (non-hydrogen) atoms. The molecule has 4 nitrogen and oxygen atoms in total. The number of hydrogen-bond donors (Lipinski definition) is 1. The molecule has 0 aliphatic carbocycles. The molecular formula is C18H19Cl2N3OS. The molecule has 2 heterocycles. The Morgan fingerprint density at radius 1 is 1.24 bits per heavy atom. The zero-order chi connectivity index (χ0) is 17.8. The molecule has 0 radical (unpaired) electrons. The van der Waals surface area contributed by atoms with Gasteiger partial charge in [0.2, 0.25) is 0 Å². The first-order chi connectivity index (χ1) is 12.0. The third-order valence-corrected chi connectivity index (χ3v) is 5.96. The van der Waals surface area contributed by atoms with Crippen LogP contribution in [-0.4, -0.2) is 41.2 Å². The lowest BCUT2D eigenvalue weighted by atomic mass is 10.1. The first-order valence-electron chi connectivity index (χ1n) is 8.09. The van der Waals surface area contributed by atoms with E-state index in [1.165, 1.54) is 12.8 Å². The Hall–Kier alpha value is -1.27. The summed E-state index contributed by atoms with van der Waals surface area (Å²) < 4.78 is 0. The smallest absolute Gasteiger partial charge is 0.257 e. The summed E-state index contributed by atoms with van der Waals surface area (Å²) in [6.07, 6.45) is 4.03. The van der Waals surface area contributed by atoms with Crippen molar-refractivity contribution >= 4 is 46.6 Å². The average Bonchev–Trinajstić information content (AvgIpc) is 2.58. The quantitative estimate of drug-likeness (QED) is 0.804. The number of pyridine rings is 1. The number of benzene rings is 1. The van der Waals surface area contributed by atoms with Crippen LogP contribution in [0.25, 0.3) is 0 Å². The van der Waals surface area contributed by atoms with Crippen molar-refractivity contribution in [3.8, 4) is 0 Å². The monoisotopic (exact) mass is 395 g/mol. The highest BCUT2D eigenvalue weighted by atomic mass is 35.5. The number of nitrogens with one attached hydrogen (secondary N) is 1. The van der Waals surface area contributed by atoms with Crippen LogP contribution in [0.4, 0.5) is 5.69 Å². The highest BCUT2D eigenvalue weighted by molar-refractivity contribution is 7.99. The van der Waals surface area contributed by atoms with Gasteiger partial charge in [0.1, 0.15) is 0 Å². The van der Waals surface area contributed by atoms with Gasteiger partial charge in [-0.2, -0.15) is 0 Å². The number of hydrogen-bond acceptors (Lipinski definition) is 4. The number of carbonyl (C=O) groups excluding carboxylic acids is 1. The highest BCUT2D eigenvalue weighted by Gasteiger charge is 2.18. The Morgan fingerprint density at radius 3 is 2.64 bits per heavy atom. The van der Waals surface area contributed by atoms with Crippen molar-refractivity contribution in [2.24, 2.45) is 0 Å². The van der Waals surface area contributed by atoms with Crippen LogP contribution in [0, 0.1) is 0 Å². The Labute approximate surface area is 161 Å². The van der Waals surface area contributed by atoms with E-state index >= 15 is 0 Å². The molecule has 132 valence electrons. The first-order valence-corrected chi connectivity index (χ1v) is 9.72. The SMILES string of the molecule is CN1CCC(Sc2ccc(NC(=O)c3ccc(Cl)cc3Cl)cn2)CC1. The molecule has 1 amide bonds. The van der Waals surface area contributed by atoms with Crippen LogP contribution < -0.4 is 5.32 Å². The molecule has 1 aliphatic heterocycles. The molecular weight excluding hydrogens is 377 g/mol. The molecule has 0 saturated carbocycles. The number of aromatic nitrogens is 1. The maximum absolute atomic E-state index is 12.3. The second-order valence-electron chi connectivity index (χ2n) is 6.08. The lowest BCUT2D eigenvalue weighted by Crippen LogP contribution is -2.31. The average molecular weight is 396 g/mol. The fourth-order valence-corrected chi connectivity index (χ4v) is 4.21. The fraction of sp³-hybridized carbons (Fsp3) is 0.333. The summed E-state index contributed by atoms with van der Waals surface area (Å²) >= 11 is 13.7. The third-order valence-electron chi connectivity index (χ3n) is 4.12. The van der Waals surface area contributed by atoms with E-state index in [0.29, 0.717) is 26.5 Å². The van der Waals surface area contributed by atoms with E-state index in [-0.39, 0.29) is 5.91 Å². The van der Waals surface area contributed by atoms with Gasteiger partial charge in [-0.15, -0.1) is 11.8 Å². The summed E-state index contributed by atoms with van der Waals surface area (Å²) in [5.41, 5.74) is 1.03. The van der Waals surface area contributed by atoms with Crippen LogP contribution in [-0.2, 0) is 0 Å². The Bertz CT molecular complexity index is 746. The number of halogens is 2. The van der Waals surface area contributed by atoms with Gasteiger partial charge in [-0.3, -0.25) is 4.79 Å². The minimum Gasteiger partial charge on any atom is -0.321 e. The zero-order valence-electron chi connectivity index (χ0n) is 13.8. The van der Waals surface area contributed by atoms with E-state index in [4.69, 9.17) is 23.2 Å². The lowest BCUT2D eigenvalue weighted by Gasteiger charge is -2.28. The molecule has 0 spiro atoms. The number of piperidine rings is 1. The van der Waals surface area contributed by atoms with Gasteiger partial charge in [-0.1, -0.05) is 23.2 Å². The molecule has 2 aromatic rings. The highest BCUT2D eigenvalue weighted by Crippen LogP contribution is 2.29. The molecule has 1 N–H and O–H groups in total. The van der Waals surface area contributed by atoms with Crippen molar-refractivity contribution < 1.29 is 4.79 Å². The normalized spacial score (nSPS) is 16.0. The molecule has 1 aliphatic rings. The van der Waals surface area contributed by atoms with E-state index in [9.17, 15) is 4.79 Å². The molecule has 1 aromatic carbocycles. The van der Waals surface area contributed by atoms with Crippen LogP contribution in [0.15, 0.2) is 41.6 Å². The van der Waals surface area contributed by atoms with Gasteiger partial charge in [0.05, 0.1) is 27.5 Å². The topological polar surface area (TPSA) is 45.2 Å². The number of rotatable bonds is 4. The maximum atomic E-state index is 12.3. The van der Waals surface area contributed by atoms with Crippen LogP contribution in [0.1, 0.15) is 23.2 Å². The summed E-state index contributed by atoms with van der Waals surface area (Å²) in [6.45, 7) is 2.27. The van der Waals surface area contributed by atoms with Gasteiger partial charge in [-0.25, -0.2) is 4.98 Å². The van der Waals surface area contributed by atoms with Gasteiger partial charge < -0.3 is 10.2 Å². The molecule has 1 fully saturated rings. The Morgan fingerprint density at radius 2 is 2.00 bits per heavy atom. The number of thioether (sulfide) groups is 1. The zero-order valence-corrected chi connectivity index (χ0v) is 16.2. The second-order valence-corrected chi connectivity index (χ2v) is 8.25. The van der Waals surface area contributed by atoms with Crippen LogP contribution >= 0.6 is 35.0 Å². The van der Waals surface area contributed by atoms with E-state index in [1.807, 2.05) is 23.9 Å². The molecule has 0 unspecified atom stereocenters. The largest absolute Gasteiger partial charge is 0.321 e. The van der Waals surface area contributed by atoms with Gasteiger partial charge >= 0.3 is 0 Å². The van der Waals surface area contributed by atoms with Gasteiger partial charge in [0.25, 0.3) is 5.91 Å². The van der Waals surface area contributed by atoms with E-state index < -0.39 is 0 Å². The molecule has 1 saturated heterocycles. The number of likely N-dealkylation sites (tertiary alicyclic amines) is 1. The standard InChI is InChI=1S/C18H19Cl2N3OS/c1-23-8-6-14(7-9-23)25-17-5-3-13(11-21-17)22-18(24)15-4-2-12(19)10-16(15)20/h2-5,10-11,14H,6-9H2,1H3,(H,22,24). The van der Waals surface area contributed by atoms with Gasteiger partial charge in [-0.05, 0) is 63.3 Å². The molecule has 7 heteroatoms. The van der Waals surface area contributed by atoms with Crippen molar-refractivity contribution in [2.75, 3.05) is 25.5 Å². The van der Waals surface area contributed by atoms with Crippen molar-refractivity contribution in [1.82, 2.24) is 9.88 Å². The number of nitrogens with zero attached hydrogens (tertiary/aromatic N) is 2. The van der Waals surface area contributed by atoms with Crippen molar-refractivity contribution in [1.29, 1.82) is 0 Å². The number of carbonyl (C=O) groups is 1. The molecule has 0 bridgehead atoms. The van der Waals surface area contributed by atoms with Crippen LogP contribution in [0.2, 0.25) is 10.0 Å². The second kappa shape index (κ2) is 8.41. The van der Waals surface area contributed by atoms with Crippen LogP contribution in [0.3, 0.4) is 0 Å². The minimum absolute atomic E-state index is 0.279. The third kappa shape index (κ3) is 5.11. The lowest BCUT2D eigenvalue weighted by molar-refractivity contribution is 0.102. The van der Waals surface area contributed by atoms with Crippen molar-refractivity contribution in [3.05, 3.63) is 52.1 Å². The molecule has 3 rings (SSSR count). The van der Waals surface area contributed by atoms with E-state index in [0.717, 1.165) is 18.1 Å². The summed E-state index contributed by atoms with van der Waals surface area (Å²) in [4.78, 5) is 19.1. The summed E-state index contributed by atoms with van der Waals surface area (Å²) in [7, 11) is 2.16. The first kappa shape index (κ1) is 18.5. The summed E-state index contributed by atoms with van der Waals surface area (Å²) in [5.74, 6) is -0.279. The fourth-order valence-electron chi connectivity index (χ4n) is 2.67. The predicted molar refractivity (Wildman–Crippen MR) is 105 cm³/mol. The Balaban J connectivity index is 1.59. The summed E-state index contributed by atoms with van der Waals surface area (Å²) in [5, 5.41) is 5.23. The molecule has 0 atom stereocenters. The van der Waals surface area contributed by atoms with Gasteiger partial charge in [0.15, 0.2) is 0 Å². The van der Waals surface area contributed by atoms with Crippen molar-refractivity contribution in [3.63, 3.8) is 0 Å². The summed E-state index contributed by atoms with van der Waals surface area (Å²) in [6, 6.07) is 8.62. The van der Waals surface area contributed by atoms with E-state index in [2.05, 4.69) is 22.2 Å². The number of amides is 1.